The summed E-state index contributed by atoms with van der Waals surface area (Å²) in [5, 5.41) is 1.60. The molecule has 3 aromatic carbocycles. The minimum atomic E-state index is -3.88. The van der Waals surface area contributed by atoms with Gasteiger partial charge in [0.15, 0.2) is 6.29 Å². The smallest absolute Gasteiger partial charge is 0.297 e. The fourth-order valence-electron chi connectivity index (χ4n) is 3.86. The van der Waals surface area contributed by atoms with Crippen molar-refractivity contribution in [2.24, 2.45) is 0 Å². The van der Waals surface area contributed by atoms with Gasteiger partial charge in [0.25, 0.3) is 10.1 Å². The monoisotopic (exact) mass is 554 g/mol. The fraction of sp³-hybridized carbons (Fsp3) is 0.308. The van der Waals surface area contributed by atoms with E-state index >= 15 is 0 Å². The molecule has 1 saturated heterocycles. The molecule has 0 N–H and O–H groups in total. The minimum Gasteiger partial charge on any atom is -0.347 e. The predicted octanol–water partition coefficient (Wildman–Crippen LogP) is 7.36. The quantitative estimate of drug-likeness (QED) is 0.272. The Balaban J connectivity index is 1.47. The average Bonchev–Trinajstić information content (AvgIpc) is 2.83. The second-order valence-electron chi connectivity index (χ2n) is 8.40. The van der Waals surface area contributed by atoms with Gasteiger partial charge in [0.2, 0.25) is 0 Å². The van der Waals surface area contributed by atoms with Crippen LogP contribution >= 0.6 is 34.8 Å². The highest BCUT2D eigenvalue weighted by Gasteiger charge is 2.29. The Morgan fingerprint density at radius 3 is 2.31 bits per heavy atom. The largest absolute Gasteiger partial charge is 0.347 e. The summed E-state index contributed by atoms with van der Waals surface area (Å²) in [5.74, 6) is 0. The molecular weight excluding hydrogens is 531 g/mol. The molecular formula is C26H25Cl3O5S. The molecule has 35 heavy (non-hydrogen) atoms. The molecule has 0 radical (unpaired) electrons. The van der Waals surface area contributed by atoms with Crippen LogP contribution in [0.5, 0.6) is 0 Å². The van der Waals surface area contributed by atoms with Gasteiger partial charge in [0, 0.05) is 20.6 Å². The second-order valence-corrected chi connectivity index (χ2v) is 11.3. The van der Waals surface area contributed by atoms with E-state index in [9.17, 15) is 8.42 Å². The molecule has 1 fully saturated rings. The normalized spacial score (nSPS) is 19.4. The first-order valence-corrected chi connectivity index (χ1v) is 13.7. The van der Waals surface area contributed by atoms with Gasteiger partial charge < -0.3 is 9.47 Å². The van der Waals surface area contributed by atoms with Crippen molar-refractivity contribution in [2.75, 3.05) is 6.61 Å². The Labute approximate surface area is 221 Å². The number of benzene rings is 3. The third-order valence-corrected chi connectivity index (χ3v) is 7.84. The molecule has 0 bridgehead atoms. The first-order chi connectivity index (χ1) is 16.7. The zero-order chi connectivity index (χ0) is 25.0. The van der Waals surface area contributed by atoms with Gasteiger partial charge in [0.1, 0.15) is 6.10 Å². The van der Waals surface area contributed by atoms with Crippen LogP contribution in [-0.4, -0.2) is 27.4 Å². The number of halogens is 3. The Kier molecular flexibility index (Phi) is 8.76. The maximum atomic E-state index is 12.6. The lowest BCUT2D eigenvalue weighted by atomic mass is 10.0. The average molecular weight is 556 g/mol. The van der Waals surface area contributed by atoms with Crippen molar-refractivity contribution < 1.29 is 22.1 Å². The van der Waals surface area contributed by atoms with Crippen LogP contribution in [-0.2, 0) is 23.8 Å². The van der Waals surface area contributed by atoms with Crippen molar-refractivity contribution in [2.45, 2.75) is 49.6 Å². The SMILES string of the molecule is Cc1ccc(S(=O)(=O)OCC2CCCC(OC(c3ccc(Cl)cc3)c3ccc(Cl)cc3Cl)O2)cc1. The molecule has 0 saturated carbocycles. The molecule has 0 amide bonds. The molecule has 1 aliphatic rings. The summed E-state index contributed by atoms with van der Waals surface area (Å²) >= 11 is 18.7. The van der Waals surface area contributed by atoms with Crippen LogP contribution in [0.1, 0.15) is 42.1 Å². The zero-order valence-electron chi connectivity index (χ0n) is 19.0. The van der Waals surface area contributed by atoms with Crippen molar-refractivity contribution in [3.05, 3.63) is 98.5 Å². The maximum absolute atomic E-state index is 12.6. The number of ether oxygens (including phenoxy) is 2. The standard InChI is InChI=1S/C26H25Cl3O5S/c1-17-5-12-22(13-6-17)35(30,31)32-16-21-3-2-4-25(33-21)34-26(18-7-9-19(27)10-8-18)23-14-11-20(28)15-24(23)29/h5-15,21,25-26H,2-4,16H2,1H3. The third kappa shape index (κ3) is 6.98. The van der Waals surface area contributed by atoms with Gasteiger partial charge in [-0.1, -0.05) is 70.7 Å². The summed E-state index contributed by atoms with van der Waals surface area (Å²) < 4.78 is 42.9. The summed E-state index contributed by atoms with van der Waals surface area (Å²) in [5.41, 5.74) is 2.56. The Morgan fingerprint density at radius 2 is 1.63 bits per heavy atom. The van der Waals surface area contributed by atoms with Gasteiger partial charge in [-0.25, -0.2) is 0 Å². The number of rotatable bonds is 8. The van der Waals surface area contributed by atoms with Gasteiger partial charge in [-0.05, 0) is 68.1 Å². The van der Waals surface area contributed by atoms with Gasteiger partial charge in [-0.15, -0.1) is 0 Å². The maximum Gasteiger partial charge on any atom is 0.297 e. The molecule has 9 heteroatoms. The lowest BCUT2D eigenvalue weighted by molar-refractivity contribution is -0.214. The van der Waals surface area contributed by atoms with Gasteiger partial charge >= 0.3 is 0 Å². The van der Waals surface area contributed by atoms with Gasteiger partial charge in [-0.3, -0.25) is 4.18 Å². The Hall–Kier alpha value is -1.64. The number of hydrogen-bond donors (Lipinski definition) is 0. The van der Waals surface area contributed by atoms with Crippen molar-refractivity contribution in [3.63, 3.8) is 0 Å². The van der Waals surface area contributed by atoms with Crippen LogP contribution in [0.25, 0.3) is 0 Å². The summed E-state index contributed by atoms with van der Waals surface area (Å²) in [6.45, 7) is 1.80. The van der Waals surface area contributed by atoms with E-state index in [0.717, 1.165) is 23.1 Å². The molecule has 3 aromatic rings. The van der Waals surface area contributed by atoms with Crippen LogP contribution in [0.2, 0.25) is 15.1 Å². The highest BCUT2D eigenvalue weighted by Crippen LogP contribution is 2.36. The Morgan fingerprint density at radius 1 is 0.943 bits per heavy atom. The molecule has 4 rings (SSSR count). The van der Waals surface area contributed by atoms with E-state index in [4.69, 9.17) is 48.5 Å². The molecule has 1 aliphatic heterocycles. The predicted molar refractivity (Wildman–Crippen MR) is 138 cm³/mol. The minimum absolute atomic E-state index is 0.0939. The molecule has 3 unspecified atom stereocenters. The highest BCUT2D eigenvalue weighted by atomic mass is 35.5. The van der Waals surface area contributed by atoms with E-state index in [1.807, 2.05) is 25.1 Å². The molecule has 3 atom stereocenters. The Bertz CT molecular complexity index is 1250. The van der Waals surface area contributed by atoms with Gasteiger partial charge in [-0.2, -0.15) is 8.42 Å². The van der Waals surface area contributed by atoms with E-state index in [0.29, 0.717) is 27.9 Å². The van der Waals surface area contributed by atoms with Crippen molar-refractivity contribution in [1.82, 2.24) is 0 Å². The highest BCUT2D eigenvalue weighted by molar-refractivity contribution is 7.86. The second kappa shape index (κ2) is 11.6. The van der Waals surface area contributed by atoms with E-state index in [2.05, 4.69) is 0 Å². The first-order valence-electron chi connectivity index (χ1n) is 11.2. The van der Waals surface area contributed by atoms with Crippen molar-refractivity contribution in [3.8, 4) is 0 Å². The van der Waals surface area contributed by atoms with E-state index in [-0.39, 0.29) is 11.5 Å². The summed E-state index contributed by atoms with van der Waals surface area (Å²) in [6.07, 6.45) is 0.572. The molecule has 0 aliphatic carbocycles. The van der Waals surface area contributed by atoms with Crippen LogP contribution < -0.4 is 0 Å². The number of aryl methyl sites for hydroxylation is 1. The van der Waals surface area contributed by atoms with E-state index in [1.54, 1.807) is 36.4 Å². The van der Waals surface area contributed by atoms with Crippen LogP contribution in [0.15, 0.2) is 71.6 Å². The zero-order valence-corrected chi connectivity index (χ0v) is 22.1. The van der Waals surface area contributed by atoms with Crippen LogP contribution in [0.3, 0.4) is 0 Å². The first kappa shape index (κ1) is 26.4. The molecule has 186 valence electrons. The topological polar surface area (TPSA) is 61.8 Å². The van der Waals surface area contributed by atoms with E-state index in [1.165, 1.54) is 12.1 Å². The number of hydrogen-bond acceptors (Lipinski definition) is 5. The molecule has 0 aromatic heterocycles. The van der Waals surface area contributed by atoms with E-state index < -0.39 is 28.6 Å². The molecule has 5 nitrogen and oxygen atoms in total. The van der Waals surface area contributed by atoms with Crippen molar-refractivity contribution in [1.29, 1.82) is 0 Å². The lowest BCUT2D eigenvalue weighted by Crippen LogP contribution is -2.34. The molecule has 0 spiro atoms. The summed E-state index contributed by atoms with van der Waals surface area (Å²) in [4.78, 5) is 0.117. The van der Waals surface area contributed by atoms with Crippen molar-refractivity contribution >= 4 is 44.9 Å². The molecule has 1 heterocycles. The lowest BCUT2D eigenvalue weighted by Gasteiger charge is -2.33. The fourth-order valence-corrected chi connectivity index (χ4v) is 5.43. The van der Waals surface area contributed by atoms with Gasteiger partial charge in [0.05, 0.1) is 17.6 Å². The van der Waals surface area contributed by atoms with Crippen LogP contribution in [0.4, 0.5) is 0 Å². The summed E-state index contributed by atoms with van der Waals surface area (Å²) in [7, 11) is -3.88. The third-order valence-electron chi connectivity index (χ3n) is 5.73. The van der Waals surface area contributed by atoms with Crippen LogP contribution in [0, 0.1) is 6.92 Å². The summed E-state index contributed by atoms with van der Waals surface area (Å²) in [6, 6.07) is 19.1.